The zero-order valence-corrected chi connectivity index (χ0v) is 7.23. The van der Waals surface area contributed by atoms with Gasteiger partial charge in [0.1, 0.15) is 6.01 Å². The Bertz CT molecular complexity index is 284. The van der Waals surface area contributed by atoms with E-state index in [1.165, 1.54) is 0 Å². The maximum absolute atomic E-state index is 3.99. The predicted octanol–water partition coefficient (Wildman–Crippen LogP) is 1.97. The van der Waals surface area contributed by atoms with E-state index in [0.29, 0.717) is 0 Å². The molecule has 0 saturated heterocycles. The average Bonchev–Trinajstić information content (AvgIpc) is 2.05. The van der Waals surface area contributed by atoms with E-state index in [-0.39, 0.29) is 0 Å². The number of aliphatic imine (C=N–C) groups is 1. The van der Waals surface area contributed by atoms with Gasteiger partial charge in [0.2, 0.25) is 0 Å². The van der Waals surface area contributed by atoms with Gasteiger partial charge < -0.3 is 0 Å². The molecule has 0 bridgehead atoms. The molecule has 12 heavy (non-hydrogen) atoms. The first-order valence-electron chi connectivity index (χ1n) is 3.68. The van der Waals surface area contributed by atoms with Crippen molar-refractivity contribution in [1.29, 1.82) is 0 Å². The molecule has 0 aliphatic rings. The van der Waals surface area contributed by atoms with Gasteiger partial charge in [-0.25, -0.2) is 0 Å². The Labute approximate surface area is 72.0 Å². The summed E-state index contributed by atoms with van der Waals surface area (Å²) in [6.07, 6.45) is 0. The van der Waals surface area contributed by atoms with Gasteiger partial charge in [-0.3, -0.25) is 5.01 Å². The molecule has 0 aromatic heterocycles. The smallest absolute Gasteiger partial charge is 0.120 e. The molecule has 1 aromatic carbocycles. The molecule has 0 aliphatic heterocycles. The van der Waals surface area contributed by atoms with Gasteiger partial charge in [0, 0.05) is 14.1 Å². The molecule has 0 fully saturated rings. The van der Waals surface area contributed by atoms with Crippen molar-refractivity contribution in [1.82, 2.24) is 5.01 Å². The number of benzene rings is 1. The van der Waals surface area contributed by atoms with E-state index in [4.69, 9.17) is 0 Å². The van der Waals surface area contributed by atoms with Crippen LogP contribution in [-0.4, -0.2) is 25.1 Å². The van der Waals surface area contributed by atoms with E-state index in [9.17, 15) is 0 Å². The molecule has 0 radical (unpaired) electrons. The monoisotopic (exact) mass is 161 g/mol. The highest BCUT2D eigenvalue weighted by Gasteiger charge is 1.80. The summed E-state index contributed by atoms with van der Waals surface area (Å²) in [4.78, 5) is 3.99. The van der Waals surface area contributed by atoms with Gasteiger partial charge >= 0.3 is 0 Å². The SMILES string of the molecule is CN(C)N=C=Nc1ccccc1. The fourth-order valence-corrected chi connectivity index (χ4v) is 0.672. The first kappa shape index (κ1) is 8.50. The Morgan fingerprint density at radius 2 is 1.83 bits per heavy atom. The zero-order chi connectivity index (χ0) is 8.81. The summed E-state index contributed by atoms with van der Waals surface area (Å²) in [5.74, 6) is 0. The second-order valence-corrected chi connectivity index (χ2v) is 2.49. The Morgan fingerprint density at radius 1 is 1.17 bits per heavy atom. The Balaban J connectivity index is 2.70. The molecule has 0 spiro atoms. The summed E-state index contributed by atoms with van der Waals surface area (Å²) < 4.78 is 0. The second kappa shape index (κ2) is 4.31. The number of rotatable bonds is 2. The molecular formula is C9H11N3. The summed E-state index contributed by atoms with van der Waals surface area (Å²) >= 11 is 0. The fourth-order valence-electron chi connectivity index (χ4n) is 0.672. The first-order chi connectivity index (χ1) is 5.79. The van der Waals surface area contributed by atoms with Crippen molar-refractivity contribution in [2.45, 2.75) is 0 Å². The lowest BCUT2D eigenvalue weighted by Gasteiger charge is -1.96. The van der Waals surface area contributed by atoms with Crippen molar-refractivity contribution in [3.63, 3.8) is 0 Å². The molecule has 3 heteroatoms. The van der Waals surface area contributed by atoms with Crippen LogP contribution < -0.4 is 0 Å². The molecule has 62 valence electrons. The number of para-hydroxylation sites is 1. The van der Waals surface area contributed by atoms with Gasteiger partial charge in [-0.2, -0.15) is 4.99 Å². The Morgan fingerprint density at radius 3 is 2.42 bits per heavy atom. The summed E-state index contributed by atoms with van der Waals surface area (Å²) in [5.41, 5.74) is 0.864. The predicted molar refractivity (Wildman–Crippen MR) is 49.7 cm³/mol. The summed E-state index contributed by atoms with van der Waals surface area (Å²) in [6.45, 7) is 0. The first-order valence-corrected chi connectivity index (χ1v) is 3.68. The highest BCUT2D eigenvalue weighted by atomic mass is 15.4. The minimum absolute atomic E-state index is 0.864. The average molecular weight is 161 g/mol. The third-order valence-corrected chi connectivity index (χ3v) is 1.18. The van der Waals surface area contributed by atoms with Crippen LogP contribution in [0.4, 0.5) is 5.69 Å². The van der Waals surface area contributed by atoms with Gasteiger partial charge in [0.05, 0.1) is 5.69 Å². The van der Waals surface area contributed by atoms with Gasteiger partial charge in [0.15, 0.2) is 0 Å². The zero-order valence-electron chi connectivity index (χ0n) is 7.23. The number of hydrazone groups is 1. The van der Waals surface area contributed by atoms with Crippen molar-refractivity contribution in [3.8, 4) is 0 Å². The van der Waals surface area contributed by atoms with E-state index in [0.717, 1.165) is 5.69 Å². The van der Waals surface area contributed by atoms with Gasteiger partial charge in [-0.05, 0) is 12.1 Å². The molecule has 0 amide bonds. The Hall–Kier alpha value is -1.60. The lowest BCUT2D eigenvalue weighted by Crippen LogP contribution is -1.99. The van der Waals surface area contributed by atoms with E-state index in [1.807, 2.05) is 44.4 Å². The van der Waals surface area contributed by atoms with Crippen molar-refractivity contribution in [2.24, 2.45) is 10.1 Å². The van der Waals surface area contributed by atoms with Crippen LogP contribution in [0.5, 0.6) is 0 Å². The van der Waals surface area contributed by atoms with Crippen molar-refractivity contribution in [3.05, 3.63) is 30.3 Å². The molecule has 0 aliphatic carbocycles. The quantitative estimate of drug-likeness (QED) is 0.481. The van der Waals surface area contributed by atoms with Gasteiger partial charge in [-0.1, -0.05) is 18.2 Å². The van der Waals surface area contributed by atoms with Gasteiger partial charge in [0.25, 0.3) is 0 Å². The second-order valence-electron chi connectivity index (χ2n) is 2.49. The Kier molecular flexibility index (Phi) is 3.05. The molecule has 1 aromatic rings. The van der Waals surface area contributed by atoms with E-state index < -0.39 is 0 Å². The standard InChI is InChI=1S/C9H11N3/c1-12(2)11-8-10-9-6-4-3-5-7-9/h3-7H,1-2H3. The molecular weight excluding hydrogens is 150 g/mol. The van der Waals surface area contributed by atoms with Crippen LogP contribution in [0.2, 0.25) is 0 Å². The van der Waals surface area contributed by atoms with Crippen LogP contribution >= 0.6 is 0 Å². The van der Waals surface area contributed by atoms with E-state index in [1.54, 1.807) is 5.01 Å². The summed E-state index contributed by atoms with van der Waals surface area (Å²) in [5, 5.41) is 5.48. The van der Waals surface area contributed by atoms with Crippen molar-refractivity contribution >= 4 is 11.7 Å². The third-order valence-electron chi connectivity index (χ3n) is 1.18. The molecule has 0 atom stereocenters. The fraction of sp³-hybridized carbons (Fsp3) is 0.222. The molecule has 3 nitrogen and oxygen atoms in total. The minimum atomic E-state index is 0.864. The minimum Gasteiger partial charge on any atom is -0.294 e. The largest absolute Gasteiger partial charge is 0.294 e. The normalized spacial score (nSPS) is 8.50. The molecule has 0 saturated carbocycles. The molecule has 1 rings (SSSR count). The topological polar surface area (TPSA) is 28.0 Å². The number of nitrogens with zero attached hydrogens (tertiary/aromatic N) is 3. The summed E-state index contributed by atoms with van der Waals surface area (Å²) in [7, 11) is 3.65. The van der Waals surface area contributed by atoms with Crippen LogP contribution in [-0.2, 0) is 0 Å². The maximum Gasteiger partial charge on any atom is 0.120 e. The third kappa shape index (κ3) is 2.99. The molecule has 0 unspecified atom stereocenters. The van der Waals surface area contributed by atoms with Crippen LogP contribution in [0.3, 0.4) is 0 Å². The summed E-state index contributed by atoms with van der Waals surface area (Å²) in [6, 6.07) is 12.2. The highest BCUT2D eigenvalue weighted by molar-refractivity contribution is 5.51. The van der Waals surface area contributed by atoms with Crippen molar-refractivity contribution < 1.29 is 0 Å². The van der Waals surface area contributed by atoms with Crippen LogP contribution in [0.1, 0.15) is 0 Å². The lowest BCUT2D eigenvalue weighted by molar-refractivity contribution is 0.441. The maximum atomic E-state index is 3.99. The van der Waals surface area contributed by atoms with Crippen LogP contribution in [0.15, 0.2) is 40.4 Å². The van der Waals surface area contributed by atoms with Crippen LogP contribution in [0, 0.1) is 0 Å². The van der Waals surface area contributed by atoms with Crippen molar-refractivity contribution in [2.75, 3.05) is 14.1 Å². The lowest BCUT2D eigenvalue weighted by atomic mass is 10.3. The van der Waals surface area contributed by atoms with E-state index >= 15 is 0 Å². The van der Waals surface area contributed by atoms with E-state index in [2.05, 4.69) is 16.1 Å². The molecule has 0 N–H and O–H groups in total. The van der Waals surface area contributed by atoms with Gasteiger partial charge in [-0.15, -0.1) is 5.10 Å². The number of hydrogen-bond donors (Lipinski definition) is 0. The van der Waals surface area contributed by atoms with Crippen LogP contribution in [0.25, 0.3) is 0 Å². The molecule has 0 heterocycles. The number of hydrogen-bond acceptors (Lipinski definition) is 3. The highest BCUT2D eigenvalue weighted by Crippen LogP contribution is 2.07.